The number of fused-ring (bicyclic) bond motifs is 9. The molecule has 0 spiro atoms. The van der Waals surface area contributed by atoms with Gasteiger partial charge in [-0.1, -0.05) is 176 Å². The molecular formula is C57H36N4. The van der Waals surface area contributed by atoms with Crippen molar-refractivity contribution in [2.24, 2.45) is 0 Å². The Labute approximate surface area is 352 Å². The first-order valence-corrected chi connectivity index (χ1v) is 20.7. The Balaban J connectivity index is 1.17. The molecule has 0 radical (unpaired) electrons. The lowest BCUT2D eigenvalue weighted by Crippen LogP contribution is -2.01. The molecule has 2 heterocycles. The number of para-hydroxylation sites is 2. The molecule has 0 amide bonds. The predicted molar refractivity (Wildman–Crippen MR) is 254 cm³/mol. The summed E-state index contributed by atoms with van der Waals surface area (Å²) in [5.74, 6) is 1.89. The van der Waals surface area contributed by atoms with Crippen LogP contribution in [0.1, 0.15) is 0 Å². The van der Waals surface area contributed by atoms with Crippen molar-refractivity contribution in [2.45, 2.75) is 0 Å². The van der Waals surface area contributed by atoms with E-state index in [-0.39, 0.29) is 0 Å². The molecule has 12 aromatic rings. The fraction of sp³-hybridized carbons (Fsp3) is 0. The van der Waals surface area contributed by atoms with Crippen molar-refractivity contribution < 1.29 is 0 Å². The Bertz CT molecular complexity index is 3570. The predicted octanol–water partition coefficient (Wildman–Crippen LogP) is 14.8. The number of benzene rings is 10. The van der Waals surface area contributed by atoms with Crippen molar-refractivity contribution in [1.29, 1.82) is 0 Å². The van der Waals surface area contributed by atoms with Gasteiger partial charge < -0.3 is 4.57 Å². The van der Waals surface area contributed by atoms with Crippen LogP contribution in [0.3, 0.4) is 0 Å². The fourth-order valence-electron chi connectivity index (χ4n) is 9.25. The zero-order valence-electron chi connectivity index (χ0n) is 33.1. The quantitative estimate of drug-likeness (QED) is 0.158. The SMILES string of the molecule is c1ccc(-c2nc(-c3ccccc3)nc(-c3ccccc3-c3cc4c5ccccc5c5ccccc5c4cc3-c3ccc4c(c3)c3ccccc3n4-c3ccccc3)n2)cc1. The van der Waals surface area contributed by atoms with Gasteiger partial charge in [0.25, 0.3) is 0 Å². The Kier molecular flexibility index (Phi) is 8.13. The lowest BCUT2D eigenvalue weighted by Gasteiger charge is -2.19. The second kappa shape index (κ2) is 14.3. The third kappa shape index (κ3) is 5.80. The van der Waals surface area contributed by atoms with Crippen LogP contribution in [-0.2, 0) is 0 Å². The number of hydrogen-bond donors (Lipinski definition) is 0. The maximum absolute atomic E-state index is 5.22. The van der Waals surface area contributed by atoms with E-state index >= 15 is 0 Å². The number of aromatic nitrogens is 4. The van der Waals surface area contributed by atoms with E-state index in [0.717, 1.165) is 44.6 Å². The summed E-state index contributed by atoms with van der Waals surface area (Å²) < 4.78 is 2.38. The molecule has 10 aromatic carbocycles. The summed E-state index contributed by atoms with van der Waals surface area (Å²) in [5.41, 5.74) is 10.7. The summed E-state index contributed by atoms with van der Waals surface area (Å²) >= 11 is 0. The zero-order chi connectivity index (χ0) is 40.3. The lowest BCUT2D eigenvalue weighted by molar-refractivity contribution is 1.07. The highest BCUT2D eigenvalue weighted by atomic mass is 15.0. The molecule has 0 bridgehead atoms. The topological polar surface area (TPSA) is 43.6 Å². The van der Waals surface area contributed by atoms with E-state index in [4.69, 9.17) is 15.0 Å². The molecule has 0 unspecified atom stereocenters. The van der Waals surface area contributed by atoms with Crippen LogP contribution in [-0.4, -0.2) is 19.5 Å². The van der Waals surface area contributed by atoms with Crippen molar-refractivity contribution in [2.75, 3.05) is 0 Å². The Morgan fingerprint density at radius 3 is 1.30 bits per heavy atom. The van der Waals surface area contributed by atoms with Crippen molar-refractivity contribution in [3.63, 3.8) is 0 Å². The first-order valence-electron chi connectivity index (χ1n) is 20.7. The molecule has 0 saturated heterocycles. The molecular weight excluding hydrogens is 741 g/mol. The largest absolute Gasteiger partial charge is 0.309 e. The van der Waals surface area contributed by atoms with Gasteiger partial charge in [0.2, 0.25) is 0 Å². The molecule has 0 aliphatic rings. The first-order chi connectivity index (χ1) is 30.3. The van der Waals surface area contributed by atoms with Crippen LogP contribution in [0, 0.1) is 0 Å². The average molecular weight is 777 g/mol. The van der Waals surface area contributed by atoms with Crippen molar-refractivity contribution >= 4 is 54.1 Å². The summed E-state index contributed by atoms with van der Waals surface area (Å²) in [5, 5.41) is 9.79. The molecule has 61 heavy (non-hydrogen) atoms. The summed E-state index contributed by atoms with van der Waals surface area (Å²) in [6, 6.07) is 77.7. The molecule has 0 atom stereocenters. The van der Waals surface area contributed by atoms with Crippen LogP contribution in [0.25, 0.3) is 116 Å². The van der Waals surface area contributed by atoms with Crippen LogP contribution in [0.2, 0.25) is 0 Å². The van der Waals surface area contributed by atoms with Crippen LogP contribution >= 0.6 is 0 Å². The third-order valence-electron chi connectivity index (χ3n) is 12.0. The number of hydrogen-bond acceptors (Lipinski definition) is 3. The average Bonchev–Trinajstić information content (AvgIpc) is 3.68. The normalized spacial score (nSPS) is 11.6. The summed E-state index contributed by atoms with van der Waals surface area (Å²) in [6.07, 6.45) is 0. The van der Waals surface area contributed by atoms with E-state index in [1.54, 1.807) is 0 Å². The highest BCUT2D eigenvalue weighted by Crippen LogP contribution is 2.45. The molecule has 0 aliphatic heterocycles. The number of nitrogens with zero attached hydrogens (tertiary/aromatic N) is 4. The van der Waals surface area contributed by atoms with Gasteiger partial charge in [-0.15, -0.1) is 0 Å². The molecule has 0 saturated carbocycles. The van der Waals surface area contributed by atoms with Crippen LogP contribution in [0.15, 0.2) is 218 Å². The second-order valence-corrected chi connectivity index (χ2v) is 15.5. The fourth-order valence-corrected chi connectivity index (χ4v) is 9.25. The smallest absolute Gasteiger partial charge is 0.164 e. The van der Waals surface area contributed by atoms with E-state index in [1.165, 1.54) is 54.1 Å². The maximum Gasteiger partial charge on any atom is 0.164 e. The van der Waals surface area contributed by atoms with Gasteiger partial charge in [-0.2, -0.15) is 0 Å². The second-order valence-electron chi connectivity index (χ2n) is 15.5. The van der Waals surface area contributed by atoms with Gasteiger partial charge >= 0.3 is 0 Å². The summed E-state index contributed by atoms with van der Waals surface area (Å²) in [6.45, 7) is 0. The van der Waals surface area contributed by atoms with Gasteiger partial charge in [0.15, 0.2) is 17.5 Å². The lowest BCUT2D eigenvalue weighted by atomic mass is 9.85. The molecule has 0 aliphatic carbocycles. The van der Waals surface area contributed by atoms with E-state index in [2.05, 4.69) is 187 Å². The van der Waals surface area contributed by atoms with Gasteiger partial charge in [0.05, 0.1) is 11.0 Å². The van der Waals surface area contributed by atoms with Gasteiger partial charge in [-0.25, -0.2) is 15.0 Å². The van der Waals surface area contributed by atoms with Gasteiger partial charge in [0.1, 0.15) is 0 Å². The molecule has 0 fully saturated rings. The third-order valence-corrected chi connectivity index (χ3v) is 12.0. The van der Waals surface area contributed by atoms with Crippen molar-refractivity contribution in [3.8, 4) is 62.1 Å². The Hall–Kier alpha value is -8.21. The first kappa shape index (κ1) is 34.8. The van der Waals surface area contributed by atoms with Crippen molar-refractivity contribution in [3.05, 3.63) is 218 Å². The van der Waals surface area contributed by atoms with Gasteiger partial charge in [-0.3, -0.25) is 0 Å². The minimum Gasteiger partial charge on any atom is -0.309 e. The van der Waals surface area contributed by atoms with Crippen molar-refractivity contribution in [1.82, 2.24) is 19.5 Å². The standard InChI is InChI=1S/C57H36N4/c1-4-18-37(19-5-1)55-58-56(38-20-6-2-7-21-38)60-57(59-55)47-30-15-14-28-45(47)49-36-51-44-27-13-11-25-42(44)41-24-10-12-26-43(41)50(51)35-48(49)39-32-33-54-52(34-39)46-29-16-17-31-53(46)61(54)40-22-8-3-9-23-40/h1-36H. The molecule has 12 rings (SSSR count). The highest BCUT2D eigenvalue weighted by Gasteiger charge is 2.21. The molecule has 0 N–H and O–H groups in total. The number of rotatable bonds is 6. The molecule has 4 nitrogen and oxygen atoms in total. The zero-order valence-corrected chi connectivity index (χ0v) is 33.1. The van der Waals surface area contributed by atoms with Gasteiger partial charge in [-0.05, 0) is 97.0 Å². The minimum atomic E-state index is 0.624. The van der Waals surface area contributed by atoms with Gasteiger partial charge in [0, 0.05) is 33.2 Å². The van der Waals surface area contributed by atoms with E-state index in [1.807, 2.05) is 36.4 Å². The van der Waals surface area contributed by atoms with E-state index in [9.17, 15) is 0 Å². The van der Waals surface area contributed by atoms with Crippen LogP contribution in [0.5, 0.6) is 0 Å². The minimum absolute atomic E-state index is 0.624. The van der Waals surface area contributed by atoms with E-state index < -0.39 is 0 Å². The van der Waals surface area contributed by atoms with Crippen LogP contribution in [0.4, 0.5) is 0 Å². The maximum atomic E-state index is 5.22. The van der Waals surface area contributed by atoms with Crippen LogP contribution < -0.4 is 0 Å². The summed E-state index contributed by atoms with van der Waals surface area (Å²) in [7, 11) is 0. The Morgan fingerprint density at radius 1 is 0.246 bits per heavy atom. The summed E-state index contributed by atoms with van der Waals surface area (Å²) in [4.78, 5) is 15.5. The Morgan fingerprint density at radius 2 is 0.689 bits per heavy atom. The molecule has 4 heteroatoms. The highest BCUT2D eigenvalue weighted by molar-refractivity contribution is 6.27. The van der Waals surface area contributed by atoms with E-state index in [0.29, 0.717) is 17.5 Å². The molecule has 2 aromatic heterocycles. The molecule has 284 valence electrons. The monoisotopic (exact) mass is 776 g/mol.